The molecule has 0 heterocycles. The van der Waals surface area contributed by atoms with Gasteiger partial charge in [-0.25, -0.2) is 0 Å². The van der Waals surface area contributed by atoms with Gasteiger partial charge in [-0.05, 0) is 24.5 Å². The summed E-state index contributed by atoms with van der Waals surface area (Å²) in [5.74, 6) is -0.370. The van der Waals surface area contributed by atoms with Gasteiger partial charge in [-0.1, -0.05) is 60.7 Å². The van der Waals surface area contributed by atoms with Crippen LogP contribution in [0.2, 0.25) is 0 Å². The molecule has 0 fully saturated rings. The van der Waals surface area contributed by atoms with Gasteiger partial charge in [0.2, 0.25) is 0 Å². The Morgan fingerprint density at radius 2 is 1.60 bits per heavy atom. The molecule has 0 spiro atoms. The quantitative estimate of drug-likeness (QED) is 0.849. The largest absolute Gasteiger partial charge is 0.457 e. The third-order valence-electron chi connectivity index (χ3n) is 3.16. The van der Waals surface area contributed by atoms with Gasteiger partial charge in [-0.15, -0.1) is 0 Å². The van der Waals surface area contributed by atoms with E-state index in [4.69, 9.17) is 10.5 Å². The fourth-order valence-electron chi connectivity index (χ4n) is 2.01. The predicted molar refractivity (Wildman–Crippen MR) is 79.1 cm³/mol. The Bertz CT molecular complexity index is 539. The van der Waals surface area contributed by atoms with Crippen LogP contribution in [0.3, 0.4) is 0 Å². The third kappa shape index (κ3) is 3.93. The molecule has 0 saturated carbocycles. The number of rotatable bonds is 5. The zero-order chi connectivity index (χ0) is 14.4. The molecule has 3 heteroatoms. The Morgan fingerprint density at radius 1 is 1.05 bits per heavy atom. The van der Waals surface area contributed by atoms with Crippen molar-refractivity contribution >= 4 is 5.97 Å². The summed E-state index contributed by atoms with van der Waals surface area (Å²) in [7, 11) is 0. The fourth-order valence-corrected chi connectivity index (χ4v) is 2.01. The van der Waals surface area contributed by atoms with Crippen molar-refractivity contribution in [2.45, 2.75) is 25.5 Å². The van der Waals surface area contributed by atoms with Gasteiger partial charge in [0.05, 0.1) is 0 Å². The first kappa shape index (κ1) is 14.3. The molecule has 3 nitrogen and oxygen atoms in total. The van der Waals surface area contributed by atoms with Crippen LogP contribution in [0.4, 0.5) is 0 Å². The number of nitrogens with two attached hydrogens (primary N) is 1. The number of hydrogen-bond acceptors (Lipinski definition) is 3. The molecule has 2 N–H and O–H groups in total. The molecule has 2 atom stereocenters. The first-order valence-corrected chi connectivity index (χ1v) is 6.72. The minimum Gasteiger partial charge on any atom is -0.457 e. The lowest BCUT2D eigenvalue weighted by Crippen LogP contribution is -2.34. The molecule has 0 radical (unpaired) electrons. The van der Waals surface area contributed by atoms with Crippen molar-refractivity contribution in [3.8, 4) is 0 Å². The van der Waals surface area contributed by atoms with Crippen LogP contribution >= 0.6 is 0 Å². The number of esters is 1. The van der Waals surface area contributed by atoms with E-state index >= 15 is 0 Å². The highest BCUT2D eigenvalue weighted by atomic mass is 16.5. The third-order valence-corrected chi connectivity index (χ3v) is 3.16. The molecule has 0 bridgehead atoms. The van der Waals surface area contributed by atoms with Crippen LogP contribution in [-0.2, 0) is 16.0 Å². The molecule has 0 aliphatic heterocycles. The summed E-state index contributed by atoms with van der Waals surface area (Å²) in [6, 6.07) is 18.7. The summed E-state index contributed by atoms with van der Waals surface area (Å²) in [4.78, 5) is 12.0. The van der Waals surface area contributed by atoms with Crippen LogP contribution in [0.15, 0.2) is 60.7 Å². The number of ether oxygens (including phenoxy) is 1. The predicted octanol–water partition coefficient (Wildman–Crippen LogP) is 2.86. The zero-order valence-electron chi connectivity index (χ0n) is 11.5. The van der Waals surface area contributed by atoms with Gasteiger partial charge in [0, 0.05) is 0 Å². The van der Waals surface area contributed by atoms with Gasteiger partial charge in [-0.3, -0.25) is 4.79 Å². The van der Waals surface area contributed by atoms with Gasteiger partial charge in [-0.2, -0.15) is 0 Å². The van der Waals surface area contributed by atoms with Gasteiger partial charge in [0.15, 0.2) is 0 Å². The van der Waals surface area contributed by atoms with Crippen LogP contribution in [0.1, 0.15) is 24.2 Å². The Balaban J connectivity index is 1.91. The second-order valence-electron chi connectivity index (χ2n) is 4.79. The van der Waals surface area contributed by atoms with E-state index in [2.05, 4.69) is 0 Å². The van der Waals surface area contributed by atoms with Crippen molar-refractivity contribution in [2.75, 3.05) is 0 Å². The molecular weight excluding hydrogens is 250 g/mol. The van der Waals surface area contributed by atoms with E-state index in [9.17, 15) is 4.79 Å². The summed E-state index contributed by atoms with van der Waals surface area (Å²) in [6.07, 6.45) is 0.201. The second-order valence-corrected chi connectivity index (χ2v) is 4.79. The topological polar surface area (TPSA) is 52.3 Å². The molecule has 0 aliphatic rings. The normalized spacial score (nSPS) is 13.5. The van der Waals surface area contributed by atoms with Crippen molar-refractivity contribution in [3.63, 3.8) is 0 Å². The van der Waals surface area contributed by atoms with Crippen molar-refractivity contribution in [1.82, 2.24) is 0 Å². The molecule has 0 saturated heterocycles. The molecule has 0 amide bonds. The second kappa shape index (κ2) is 6.87. The number of carbonyl (C=O) groups is 1. The maximum atomic E-state index is 12.0. The number of carbonyl (C=O) groups excluding carboxylic acids is 1. The van der Waals surface area contributed by atoms with Crippen molar-refractivity contribution < 1.29 is 9.53 Å². The van der Waals surface area contributed by atoms with Gasteiger partial charge < -0.3 is 10.5 Å². The van der Waals surface area contributed by atoms with E-state index in [0.717, 1.165) is 11.1 Å². The van der Waals surface area contributed by atoms with E-state index < -0.39 is 6.04 Å². The minimum absolute atomic E-state index is 0.287. The summed E-state index contributed by atoms with van der Waals surface area (Å²) in [6.45, 7) is 1.85. The van der Waals surface area contributed by atoms with E-state index in [0.29, 0.717) is 6.42 Å². The smallest absolute Gasteiger partial charge is 0.323 e. The first-order valence-electron chi connectivity index (χ1n) is 6.72. The van der Waals surface area contributed by atoms with Crippen molar-refractivity contribution in [3.05, 3.63) is 71.8 Å². The van der Waals surface area contributed by atoms with Crippen LogP contribution < -0.4 is 5.73 Å². The molecule has 0 aliphatic carbocycles. The van der Waals surface area contributed by atoms with E-state index in [-0.39, 0.29) is 12.1 Å². The van der Waals surface area contributed by atoms with Crippen LogP contribution in [-0.4, -0.2) is 12.0 Å². The lowest BCUT2D eigenvalue weighted by Gasteiger charge is -2.17. The van der Waals surface area contributed by atoms with Crippen molar-refractivity contribution in [2.24, 2.45) is 5.73 Å². The Kier molecular flexibility index (Phi) is 4.91. The molecule has 104 valence electrons. The van der Waals surface area contributed by atoms with Gasteiger partial charge in [0.1, 0.15) is 12.1 Å². The maximum absolute atomic E-state index is 12.0. The van der Waals surface area contributed by atoms with E-state index in [1.54, 1.807) is 0 Å². The van der Waals surface area contributed by atoms with Crippen LogP contribution in [0.5, 0.6) is 0 Å². The van der Waals surface area contributed by atoms with E-state index in [1.165, 1.54) is 0 Å². The Hall–Kier alpha value is -2.13. The summed E-state index contributed by atoms with van der Waals surface area (Å²) < 4.78 is 5.41. The van der Waals surface area contributed by atoms with Crippen molar-refractivity contribution in [1.29, 1.82) is 0 Å². The molecular formula is C17H19NO2. The highest BCUT2D eigenvalue weighted by Crippen LogP contribution is 2.17. The van der Waals surface area contributed by atoms with Crippen LogP contribution in [0, 0.1) is 0 Å². The first-order chi connectivity index (χ1) is 9.66. The summed E-state index contributed by atoms with van der Waals surface area (Å²) in [5.41, 5.74) is 7.90. The average molecular weight is 269 g/mol. The Labute approximate surface area is 119 Å². The minimum atomic E-state index is -0.636. The summed E-state index contributed by atoms with van der Waals surface area (Å²) >= 11 is 0. The average Bonchev–Trinajstić information content (AvgIpc) is 2.49. The highest BCUT2D eigenvalue weighted by Gasteiger charge is 2.19. The summed E-state index contributed by atoms with van der Waals surface area (Å²) in [5, 5.41) is 0. The van der Waals surface area contributed by atoms with Gasteiger partial charge >= 0.3 is 5.97 Å². The molecule has 1 unspecified atom stereocenters. The Morgan fingerprint density at radius 3 is 2.20 bits per heavy atom. The molecule has 2 aromatic carbocycles. The number of hydrogen-bond donors (Lipinski definition) is 1. The van der Waals surface area contributed by atoms with E-state index in [1.807, 2.05) is 67.6 Å². The highest BCUT2D eigenvalue weighted by molar-refractivity contribution is 5.76. The monoisotopic (exact) mass is 269 g/mol. The fraction of sp³-hybridized carbons (Fsp3) is 0.235. The standard InChI is InChI=1S/C17H19NO2/c1-13(15-10-6-3-7-11-15)20-17(19)16(18)12-14-8-4-2-5-9-14/h2-11,13,16H,12,18H2,1H3/t13?,16-/m1/s1. The molecule has 2 aromatic rings. The molecule has 0 aromatic heterocycles. The lowest BCUT2D eigenvalue weighted by molar-refractivity contribution is -0.150. The molecule has 20 heavy (non-hydrogen) atoms. The number of benzene rings is 2. The lowest BCUT2D eigenvalue weighted by atomic mass is 10.1. The molecule has 2 rings (SSSR count). The zero-order valence-corrected chi connectivity index (χ0v) is 11.5. The SMILES string of the molecule is CC(OC(=O)[C@H](N)Cc1ccccc1)c1ccccc1. The maximum Gasteiger partial charge on any atom is 0.323 e. The van der Waals surface area contributed by atoms with Crippen LogP contribution in [0.25, 0.3) is 0 Å². The van der Waals surface area contributed by atoms with Gasteiger partial charge in [0.25, 0.3) is 0 Å².